The van der Waals surface area contributed by atoms with Gasteiger partial charge in [-0.3, -0.25) is 4.79 Å². The van der Waals surface area contributed by atoms with Gasteiger partial charge in [0.15, 0.2) is 0 Å². The topological polar surface area (TPSA) is 46.9 Å². The molecule has 3 aromatic rings. The van der Waals surface area contributed by atoms with Crippen LogP contribution in [0.2, 0.25) is 5.15 Å². The Kier molecular flexibility index (Phi) is 6.61. The second-order valence-corrected chi connectivity index (χ2v) is 8.47. The molecule has 0 aliphatic carbocycles. The SMILES string of the molecule is Cc1nn(Cc2ccc(F)cc2)c(Cl)c1C(=O)Nc1c(C(C)C)cccc1C(C)C. The average molecular weight is 428 g/mol. The zero-order valence-electron chi connectivity index (χ0n) is 18.0. The first-order chi connectivity index (χ1) is 14.2. The van der Waals surface area contributed by atoms with Crippen molar-refractivity contribution in [2.75, 3.05) is 5.32 Å². The smallest absolute Gasteiger partial charge is 0.260 e. The van der Waals surface area contributed by atoms with Crippen molar-refractivity contribution in [2.45, 2.75) is 53.0 Å². The molecule has 30 heavy (non-hydrogen) atoms. The largest absolute Gasteiger partial charge is 0.321 e. The van der Waals surface area contributed by atoms with Crippen LogP contribution in [0.25, 0.3) is 0 Å². The average Bonchev–Trinajstić information content (AvgIpc) is 2.96. The number of carbonyl (C=O) groups excluding carboxylic acids is 1. The Morgan fingerprint density at radius 2 is 1.63 bits per heavy atom. The van der Waals surface area contributed by atoms with E-state index in [0.717, 1.165) is 22.4 Å². The number of para-hydroxylation sites is 1. The zero-order valence-corrected chi connectivity index (χ0v) is 18.7. The first-order valence-electron chi connectivity index (χ1n) is 10.1. The van der Waals surface area contributed by atoms with Crippen LogP contribution in [0.15, 0.2) is 42.5 Å². The van der Waals surface area contributed by atoms with Crippen molar-refractivity contribution in [1.29, 1.82) is 0 Å². The van der Waals surface area contributed by atoms with Gasteiger partial charge < -0.3 is 5.32 Å². The van der Waals surface area contributed by atoms with Gasteiger partial charge in [-0.1, -0.05) is 69.6 Å². The van der Waals surface area contributed by atoms with Gasteiger partial charge >= 0.3 is 0 Å². The lowest BCUT2D eigenvalue weighted by Gasteiger charge is -2.20. The standard InChI is InChI=1S/C24H27ClFN3O/c1-14(2)19-7-6-8-20(15(3)4)22(19)27-24(30)21-16(5)28-29(23(21)25)13-17-9-11-18(26)12-10-17/h6-12,14-15H,13H2,1-5H3,(H,27,30). The molecular formula is C24H27ClFN3O. The molecule has 0 unspecified atom stereocenters. The first kappa shape index (κ1) is 22.0. The molecule has 1 amide bonds. The van der Waals surface area contributed by atoms with E-state index in [2.05, 4.69) is 38.1 Å². The lowest BCUT2D eigenvalue weighted by atomic mass is 9.92. The Bertz CT molecular complexity index is 1030. The molecule has 0 aliphatic heterocycles. The highest BCUT2D eigenvalue weighted by Gasteiger charge is 2.23. The molecule has 0 aliphatic rings. The number of aryl methyl sites for hydroxylation is 1. The van der Waals surface area contributed by atoms with Gasteiger partial charge in [0.1, 0.15) is 11.0 Å². The summed E-state index contributed by atoms with van der Waals surface area (Å²) in [5.74, 6) is -0.0577. The first-order valence-corrected chi connectivity index (χ1v) is 10.5. The predicted octanol–water partition coefficient (Wildman–Crippen LogP) is 6.53. The molecule has 0 saturated carbocycles. The van der Waals surface area contributed by atoms with Crippen LogP contribution in [-0.2, 0) is 6.54 Å². The molecule has 0 radical (unpaired) electrons. The summed E-state index contributed by atoms with van der Waals surface area (Å²) < 4.78 is 14.7. The van der Waals surface area contributed by atoms with E-state index in [1.807, 2.05) is 18.2 Å². The van der Waals surface area contributed by atoms with Crippen molar-refractivity contribution in [1.82, 2.24) is 9.78 Å². The van der Waals surface area contributed by atoms with Gasteiger partial charge in [0.2, 0.25) is 0 Å². The van der Waals surface area contributed by atoms with E-state index in [9.17, 15) is 9.18 Å². The van der Waals surface area contributed by atoms with E-state index >= 15 is 0 Å². The number of anilines is 1. The predicted molar refractivity (Wildman–Crippen MR) is 120 cm³/mol. The summed E-state index contributed by atoms with van der Waals surface area (Å²) in [5.41, 5.74) is 4.76. The fraction of sp³-hybridized carbons (Fsp3) is 0.333. The molecule has 1 aromatic heterocycles. The fourth-order valence-corrected chi connectivity index (χ4v) is 3.87. The number of nitrogens with zero attached hydrogens (tertiary/aromatic N) is 2. The Hall–Kier alpha value is -2.66. The second kappa shape index (κ2) is 9.00. The highest BCUT2D eigenvalue weighted by atomic mass is 35.5. The number of carbonyl (C=O) groups is 1. The number of halogens is 2. The molecule has 0 fully saturated rings. The summed E-state index contributed by atoms with van der Waals surface area (Å²) in [4.78, 5) is 13.2. The van der Waals surface area contributed by atoms with Crippen molar-refractivity contribution in [2.24, 2.45) is 0 Å². The highest BCUT2D eigenvalue weighted by Crippen LogP contribution is 2.33. The molecule has 1 N–H and O–H groups in total. The number of nitrogens with one attached hydrogen (secondary N) is 1. The molecule has 6 heteroatoms. The number of aromatic nitrogens is 2. The minimum absolute atomic E-state index is 0.261. The van der Waals surface area contributed by atoms with Crippen LogP contribution in [0, 0.1) is 12.7 Å². The number of hydrogen-bond donors (Lipinski definition) is 1. The van der Waals surface area contributed by atoms with Crippen LogP contribution in [-0.4, -0.2) is 15.7 Å². The van der Waals surface area contributed by atoms with Gasteiger partial charge in [-0.15, -0.1) is 0 Å². The van der Waals surface area contributed by atoms with Gasteiger partial charge in [0.05, 0.1) is 17.8 Å². The maximum atomic E-state index is 13.2. The van der Waals surface area contributed by atoms with E-state index in [0.29, 0.717) is 17.8 Å². The molecule has 3 rings (SSSR count). The van der Waals surface area contributed by atoms with E-state index in [1.54, 1.807) is 23.7 Å². The molecule has 0 spiro atoms. The quantitative estimate of drug-likeness (QED) is 0.486. The number of amides is 1. The highest BCUT2D eigenvalue weighted by molar-refractivity contribution is 6.33. The van der Waals surface area contributed by atoms with Gasteiger partial charge in [-0.05, 0) is 47.6 Å². The van der Waals surface area contributed by atoms with Crippen LogP contribution >= 0.6 is 11.6 Å². The molecule has 0 bridgehead atoms. The van der Waals surface area contributed by atoms with Crippen molar-refractivity contribution in [3.05, 3.63) is 81.4 Å². The fourth-order valence-electron chi connectivity index (χ4n) is 3.55. The minimum atomic E-state index is -0.300. The second-order valence-electron chi connectivity index (χ2n) is 8.11. The molecule has 2 aromatic carbocycles. The third-order valence-corrected chi connectivity index (χ3v) is 5.53. The van der Waals surface area contributed by atoms with Crippen molar-refractivity contribution in [3.8, 4) is 0 Å². The number of rotatable bonds is 6. The van der Waals surface area contributed by atoms with Gasteiger partial charge in [0, 0.05) is 5.69 Å². The van der Waals surface area contributed by atoms with Crippen LogP contribution in [0.4, 0.5) is 10.1 Å². The molecule has 0 saturated heterocycles. The Balaban J connectivity index is 1.93. The summed E-state index contributed by atoms with van der Waals surface area (Å²) in [6.07, 6.45) is 0. The monoisotopic (exact) mass is 427 g/mol. The molecule has 4 nitrogen and oxygen atoms in total. The summed E-state index contributed by atoms with van der Waals surface area (Å²) in [6.45, 7) is 10.5. The van der Waals surface area contributed by atoms with E-state index < -0.39 is 0 Å². The zero-order chi connectivity index (χ0) is 22.0. The summed E-state index contributed by atoms with van der Waals surface area (Å²) in [5, 5.41) is 7.80. The Morgan fingerprint density at radius 1 is 1.07 bits per heavy atom. The van der Waals surface area contributed by atoms with E-state index in [4.69, 9.17) is 11.6 Å². The lowest BCUT2D eigenvalue weighted by Crippen LogP contribution is -2.17. The maximum Gasteiger partial charge on any atom is 0.260 e. The van der Waals surface area contributed by atoms with Crippen LogP contribution in [0.3, 0.4) is 0 Å². The molecule has 1 heterocycles. The summed E-state index contributed by atoms with van der Waals surface area (Å²) in [7, 11) is 0. The summed E-state index contributed by atoms with van der Waals surface area (Å²) >= 11 is 6.54. The van der Waals surface area contributed by atoms with E-state index in [-0.39, 0.29) is 28.7 Å². The third-order valence-electron chi connectivity index (χ3n) is 5.15. The molecule has 0 atom stereocenters. The van der Waals surface area contributed by atoms with Crippen molar-refractivity contribution >= 4 is 23.2 Å². The van der Waals surface area contributed by atoms with Gasteiger partial charge in [-0.25, -0.2) is 9.07 Å². The van der Waals surface area contributed by atoms with Crippen LogP contribution in [0.5, 0.6) is 0 Å². The Labute approximate surface area is 182 Å². The van der Waals surface area contributed by atoms with Gasteiger partial charge in [0.25, 0.3) is 5.91 Å². The lowest BCUT2D eigenvalue weighted by molar-refractivity contribution is 0.102. The Morgan fingerprint density at radius 3 is 2.17 bits per heavy atom. The van der Waals surface area contributed by atoms with Crippen LogP contribution in [0.1, 0.15) is 72.3 Å². The maximum absolute atomic E-state index is 13.2. The third kappa shape index (κ3) is 4.57. The van der Waals surface area contributed by atoms with Crippen molar-refractivity contribution < 1.29 is 9.18 Å². The summed E-state index contributed by atoms with van der Waals surface area (Å²) in [6, 6.07) is 12.2. The normalized spacial score (nSPS) is 11.4. The van der Waals surface area contributed by atoms with Gasteiger partial charge in [-0.2, -0.15) is 5.10 Å². The molecule has 158 valence electrons. The number of benzene rings is 2. The number of hydrogen-bond acceptors (Lipinski definition) is 2. The van der Waals surface area contributed by atoms with E-state index in [1.165, 1.54) is 12.1 Å². The minimum Gasteiger partial charge on any atom is -0.321 e. The molecular weight excluding hydrogens is 401 g/mol. The van der Waals surface area contributed by atoms with Crippen LogP contribution < -0.4 is 5.32 Å². The van der Waals surface area contributed by atoms with Crippen molar-refractivity contribution in [3.63, 3.8) is 0 Å².